The van der Waals surface area contributed by atoms with Gasteiger partial charge in [-0.1, -0.05) is 152 Å². The molecule has 5 nitrogen and oxygen atoms in total. The molecule has 0 saturated heterocycles. The first kappa shape index (κ1) is 32.4. The number of rotatable bonds is 5. The van der Waals surface area contributed by atoms with Gasteiger partial charge in [0.15, 0.2) is 11.6 Å². The molecule has 8 aromatic carbocycles. The minimum absolute atomic E-state index is 0.569. The summed E-state index contributed by atoms with van der Waals surface area (Å²) in [6.07, 6.45) is 0. The molecule has 0 atom stereocenters. The second-order valence-electron chi connectivity index (χ2n) is 14.9. The van der Waals surface area contributed by atoms with Gasteiger partial charge >= 0.3 is 0 Å². The van der Waals surface area contributed by atoms with Crippen molar-refractivity contribution in [3.63, 3.8) is 0 Å². The van der Waals surface area contributed by atoms with Crippen LogP contribution in [0.1, 0.15) is 0 Å². The number of hydrogen-bond donors (Lipinski definition) is 0. The number of para-hydroxylation sites is 3. The first-order valence-electron chi connectivity index (χ1n) is 19.6. The summed E-state index contributed by atoms with van der Waals surface area (Å²) in [6, 6.07) is 70.9. The van der Waals surface area contributed by atoms with E-state index in [1.54, 1.807) is 0 Å². The minimum atomic E-state index is 0.569. The molecule has 4 heterocycles. The Kier molecular flexibility index (Phi) is 7.16. The number of nitrogens with zero attached hydrogens (tertiary/aromatic N) is 5. The molecule has 4 aromatic heterocycles. The highest BCUT2D eigenvalue weighted by atomic mass is 15.2. The number of benzene rings is 8. The minimum Gasteiger partial charge on any atom is -0.309 e. The predicted molar refractivity (Wildman–Crippen MR) is 239 cm³/mol. The van der Waals surface area contributed by atoms with Crippen molar-refractivity contribution in [3.8, 4) is 51.0 Å². The standard InChI is InChI=1S/C53H33N5/c1-3-15-34(16-4-1)36-20-13-22-39(29-36)51-54-52(40-23-14-21-37(30-40)35-17-5-2-6-18-35)56-53(55-51)58-48-28-12-9-25-42(48)44-32-45-43(33-50(44)58)41-24-8-11-27-47(41)57-46-26-10-7-19-38(46)31-49(45)57/h1-33H. The van der Waals surface area contributed by atoms with Crippen LogP contribution in [0.5, 0.6) is 0 Å². The van der Waals surface area contributed by atoms with Crippen LogP contribution in [0.2, 0.25) is 0 Å². The molecule has 12 rings (SSSR count). The van der Waals surface area contributed by atoms with Crippen LogP contribution in [0.15, 0.2) is 200 Å². The van der Waals surface area contributed by atoms with E-state index in [9.17, 15) is 0 Å². The summed E-state index contributed by atoms with van der Waals surface area (Å²) in [6.45, 7) is 0. The van der Waals surface area contributed by atoms with Crippen molar-refractivity contribution in [2.75, 3.05) is 0 Å². The molecule has 0 aliphatic carbocycles. The van der Waals surface area contributed by atoms with Crippen molar-refractivity contribution >= 4 is 59.9 Å². The van der Waals surface area contributed by atoms with E-state index >= 15 is 0 Å². The van der Waals surface area contributed by atoms with Gasteiger partial charge in [-0.05, 0) is 76.2 Å². The van der Waals surface area contributed by atoms with Crippen LogP contribution in [0.3, 0.4) is 0 Å². The Bertz CT molecular complexity index is 3460. The van der Waals surface area contributed by atoms with E-state index in [0.29, 0.717) is 17.6 Å². The summed E-state index contributed by atoms with van der Waals surface area (Å²) in [5.74, 6) is 1.79. The zero-order valence-electron chi connectivity index (χ0n) is 31.3. The highest BCUT2D eigenvalue weighted by Gasteiger charge is 2.21. The fourth-order valence-electron chi connectivity index (χ4n) is 8.83. The number of aromatic nitrogens is 5. The first-order chi connectivity index (χ1) is 28.7. The van der Waals surface area contributed by atoms with Crippen molar-refractivity contribution < 1.29 is 0 Å². The van der Waals surface area contributed by atoms with Crippen LogP contribution in [0.4, 0.5) is 0 Å². The molecule has 5 heteroatoms. The van der Waals surface area contributed by atoms with Gasteiger partial charge < -0.3 is 4.40 Å². The van der Waals surface area contributed by atoms with Crippen molar-refractivity contribution in [1.29, 1.82) is 0 Å². The van der Waals surface area contributed by atoms with Crippen molar-refractivity contribution in [2.24, 2.45) is 0 Å². The topological polar surface area (TPSA) is 48.0 Å². The summed E-state index contributed by atoms with van der Waals surface area (Å²) in [5.41, 5.74) is 12.0. The average molecular weight is 740 g/mol. The lowest BCUT2D eigenvalue weighted by atomic mass is 10.0. The lowest BCUT2D eigenvalue weighted by Gasteiger charge is -2.13. The van der Waals surface area contributed by atoms with Crippen molar-refractivity contribution in [3.05, 3.63) is 200 Å². The zero-order chi connectivity index (χ0) is 38.2. The molecular weight excluding hydrogens is 707 g/mol. The predicted octanol–water partition coefficient (Wildman–Crippen LogP) is 13.3. The zero-order valence-corrected chi connectivity index (χ0v) is 31.3. The van der Waals surface area contributed by atoms with Crippen molar-refractivity contribution in [1.82, 2.24) is 23.9 Å². The Hall–Kier alpha value is -7.89. The molecular formula is C53H33N5. The van der Waals surface area contributed by atoms with E-state index in [1.807, 2.05) is 12.1 Å². The second kappa shape index (κ2) is 12.8. The molecule has 0 radical (unpaired) electrons. The largest absolute Gasteiger partial charge is 0.309 e. The molecule has 0 fully saturated rings. The van der Waals surface area contributed by atoms with E-state index < -0.39 is 0 Å². The van der Waals surface area contributed by atoms with Gasteiger partial charge in [-0.25, -0.2) is 4.98 Å². The molecule has 270 valence electrons. The normalized spacial score (nSPS) is 11.8. The summed E-state index contributed by atoms with van der Waals surface area (Å²) in [5, 5.41) is 7.09. The quantitative estimate of drug-likeness (QED) is 0.165. The summed E-state index contributed by atoms with van der Waals surface area (Å²) < 4.78 is 4.64. The third-order valence-electron chi connectivity index (χ3n) is 11.5. The molecule has 0 unspecified atom stereocenters. The molecule has 12 aromatic rings. The van der Waals surface area contributed by atoms with Gasteiger partial charge in [0, 0.05) is 38.1 Å². The molecule has 0 spiro atoms. The fourth-order valence-corrected chi connectivity index (χ4v) is 8.83. The lowest BCUT2D eigenvalue weighted by Crippen LogP contribution is -2.06. The van der Waals surface area contributed by atoms with Gasteiger partial charge in [0.25, 0.3) is 0 Å². The van der Waals surface area contributed by atoms with E-state index in [1.165, 1.54) is 38.1 Å². The highest BCUT2D eigenvalue weighted by Crippen LogP contribution is 2.40. The van der Waals surface area contributed by atoms with Crippen LogP contribution < -0.4 is 0 Å². The molecule has 0 N–H and O–H groups in total. The number of fused-ring (bicyclic) bond motifs is 11. The molecule has 0 aliphatic heterocycles. The number of hydrogen-bond acceptors (Lipinski definition) is 3. The van der Waals surface area contributed by atoms with E-state index in [0.717, 1.165) is 55.2 Å². The molecule has 58 heavy (non-hydrogen) atoms. The Labute approximate surface area is 333 Å². The third kappa shape index (κ3) is 5.07. The third-order valence-corrected chi connectivity index (χ3v) is 11.5. The van der Waals surface area contributed by atoms with E-state index in [2.05, 4.69) is 197 Å². The maximum atomic E-state index is 5.35. The Balaban J connectivity index is 1.16. The Morgan fingerprint density at radius 3 is 1.43 bits per heavy atom. The summed E-state index contributed by atoms with van der Waals surface area (Å²) in [4.78, 5) is 15.9. The maximum absolute atomic E-state index is 5.35. The van der Waals surface area contributed by atoms with Gasteiger partial charge in [0.05, 0.1) is 27.6 Å². The summed E-state index contributed by atoms with van der Waals surface area (Å²) >= 11 is 0. The van der Waals surface area contributed by atoms with Crippen molar-refractivity contribution in [2.45, 2.75) is 0 Å². The number of pyridine rings is 1. The summed E-state index contributed by atoms with van der Waals surface area (Å²) in [7, 11) is 0. The van der Waals surface area contributed by atoms with Gasteiger partial charge in [-0.2, -0.15) is 9.97 Å². The fraction of sp³-hybridized carbons (Fsp3) is 0. The van der Waals surface area contributed by atoms with Crippen LogP contribution in [-0.2, 0) is 0 Å². The van der Waals surface area contributed by atoms with Gasteiger partial charge in [-0.3, -0.25) is 4.57 Å². The van der Waals surface area contributed by atoms with Crippen LogP contribution in [-0.4, -0.2) is 23.9 Å². The first-order valence-corrected chi connectivity index (χ1v) is 19.6. The molecule has 0 bridgehead atoms. The van der Waals surface area contributed by atoms with E-state index in [4.69, 9.17) is 15.0 Å². The van der Waals surface area contributed by atoms with Crippen LogP contribution >= 0.6 is 0 Å². The van der Waals surface area contributed by atoms with E-state index in [-0.39, 0.29) is 0 Å². The van der Waals surface area contributed by atoms with Crippen LogP contribution in [0.25, 0.3) is 111 Å². The van der Waals surface area contributed by atoms with Gasteiger partial charge in [0.1, 0.15) is 0 Å². The monoisotopic (exact) mass is 739 g/mol. The average Bonchev–Trinajstić information content (AvgIpc) is 3.85. The molecule has 0 saturated carbocycles. The Morgan fingerprint density at radius 2 is 0.776 bits per heavy atom. The molecule has 0 amide bonds. The smallest absolute Gasteiger partial charge is 0.238 e. The lowest BCUT2D eigenvalue weighted by molar-refractivity contribution is 0.954. The van der Waals surface area contributed by atoms with Gasteiger partial charge in [0.2, 0.25) is 5.95 Å². The highest BCUT2D eigenvalue weighted by molar-refractivity contribution is 6.22. The SMILES string of the molecule is c1ccc(-c2cccc(-c3nc(-c4cccc(-c5ccccc5)c4)nc(-n4c5ccccc5c5cc6c(cc54)c4ccccc4n4c5ccccc5cc64)n3)c2)cc1. The van der Waals surface area contributed by atoms with Gasteiger partial charge in [-0.15, -0.1) is 0 Å². The maximum Gasteiger partial charge on any atom is 0.238 e. The molecule has 0 aliphatic rings. The van der Waals surface area contributed by atoms with Crippen LogP contribution in [0, 0.1) is 0 Å². The second-order valence-corrected chi connectivity index (χ2v) is 14.9. The Morgan fingerprint density at radius 1 is 0.276 bits per heavy atom.